The topological polar surface area (TPSA) is 46.5 Å². The minimum atomic E-state index is -1.16. The Bertz CT molecular complexity index is 145. The first-order valence-electron chi connectivity index (χ1n) is 5.56. The number of carbonyl (C=O) groups is 1. The Hall–Kier alpha value is -0.730. The number of ether oxygens (including phenoxy) is 1. The van der Waals surface area contributed by atoms with Crippen molar-refractivity contribution >= 4 is 6.16 Å². The van der Waals surface area contributed by atoms with Crippen LogP contribution in [0.3, 0.4) is 0 Å². The van der Waals surface area contributed by atoms with Gasteiger partial charge in [0.25, 0.3) is 0 Å². The van der Waals surface area contributed by atoms with Crippen LogP contribution in [0.4, 0.5) is 4.79 Å². The summed E-state index contributed by atoms with van der Waals surface area (Å²) in [6.07, 6.45) is 6.91. The van der Waals surface area contributed by atoms with E-state index in [4.69, 9.17) is 5.11 Å². The first-order chi connectivity index (χ1) is 6.66. The van der Waals surface area contributed by atoms with E-state index in [0.29, 0.717) is 0 Å². The quantitative estimate of drug-likeness (QED) is 0.480. The van der Waals surface area contributed by atoms with Gasteiger partial charge < -0.3 is 9.84 Å². The first kappa shape index (κ1) is 13.3. The molecule has 0 aliphatic carbocycles. The van der Waals surface area contributed by atoms with Gasteiger partial charge in [0.05, 0.1) is 0 Å². The van der Waals surface area contributed by atoms with Crippen LogP contribution in [-0.2, 0) is 4.74 Å². The second-order valence-electron chi connectivity index (χ2n) is 3.75. The van der Waals surface area contributed by atoms with Crippen LogP contribution in [0.1, 0.15) is 58.8 Å². The van der Waals surface area contributed by atoms with Crippen molar-refractivity contribution in [1.82, 2.24) is 0 Å². The molecule has 0 aromatic heterocycles. The van der Waals surface area contributed by atoms with Crippen molar-refractivity contribution in [2.75, 3.05) is 0 Å². The van der Waals surface area contributed by atoms with Crippen molar-refractivity contribution in [2.24, 2.45) is 0 Å². The van der Waals surface area contributed by atoms with Gasteiger partial charge in [-0.3, -0.25) is 0 Å². The molecule has 0 bridgehead atoms. The molecular formula is C11H22O3. The summed E-state index contributed by atoms with van der Waals surface area (Å²) < 4.78 is 4.59. The molecule has 1 atom stereocenters. The van der Waals surface area contributed by atoms with E-state index in [0.717, 1.165) is 12.8 Å². The number of hydrogen-bond acceptors (Lipinski definition) is 2. The van der Waals surface area contributed by atoms with Crippen molar-refractivity contribution in [1.29, 1.82) is 0 Å². The third-order valence-corrected chi connectivity index (χ3v) is 2.27. The molecule has 14 heavy (non-hydrogen) atoms. The summed E-state index contributed by atoms with van der Waals surface area (Å²) in [5, 5.41) is 8.33. The van der Waals surface area contributed by atoms with Crippen molar-refractivity contribution in [3.05, 3.63) is 0 Å². The normalized spacial score (nSPS) is 12.4. The number of unbranched alkanes of at least 4 members (excludes halogenated alkanes) is 5. The van der Waals surface area contributed by atoms with Gasteiger partial charge in [-0.15, -0.1) is 0 Å². The summed E-state index contributed by atoms with van der Waals surface area (Å²) >= 11 is 0. The lowest BCUT2D eigenvalue weighted by Gasteiger charge is -2.09. The SMILES string of the molecule is CCCCCCCCC(C)OC(=O)O. The van der Waals surface area contributed by atoms with Crippen LogP contribution in [0, 0.1) is 0 Å². The number of hydrogen-bond donors (Lipinski definition) is 1. The predicted octanol–water partition coefficient (Wildman–Crippen LogP) is 3.82. The van der Waals surface area contributed by atoms with Crippen LogP contribution in [0.15, 0.2) is 0 Å². The van der Waals surface area contributed by atoms with Crippen molar-refractivity contribution in [3.63, 3.8) is 0 Å². The molecular weight excluding hydrogens is 180 g/mol. The largest absolute Gasteiger partial charge is 0.506 e. The third kappa shape index (κ3) is 9.36. The van der Waals surface area contributed by atoms with Gasteiger partial charge in [0.15, 0.2) is 0 Å². The van der Waals surface area contributed by atoms with E-state index in [1.54, 1.807) is 6.92 Å². The summed E-state index contributed by atoms with van der Waals surface area (Å²) in [6, 6.07) is 0. The van der Waals surface area contributed by atoms with E-state index in [9.17, 15) is 4.79 Å². The molecule has 0 rings (SSSR count). The lowest BCUT2D eigenvalue weighted by Crippen LogP contribution is -2.12. The molecule has 1 unspecified atom stereocenters. The van der Waals surface area contributed by atoms with E-state index < -0.39 is 6.16 Å². The highest BCUT2D eigenvalue weighted by Gasteiger charge is 2.06. The molecule has 0 amide bonds. The Kier molecular flexibility index (Phi) is 8.39. The third-order valence-electron chi connectivity index (χ3n) is 2.27. The summed E-state index contributed by atoms with van der Waals surface area (Å²) in [6.45, 7) is 4.00. The average Bonchev–Trinajstić information content (AvgIpc) is 2.10. The Labute approximate surface area is 86.5 Å². The van der Waals surface area contributed by atoms with E-state index in [1.807, 2.05) is 0 Å². The van der Waals surface area contributed by atoms with E-state index in [1.165, 1.54) is 32.1 Å². The highest BCUT2D eigenvalue weighted by Crippen LogP contribution is 2.10. The monoisotopic (exact) mass is 202 g/mol. The summed E-state index contributed by atoms with van der Waals surface area (Å²) in [7, 11) is 0. The second-order valence-corrected chi connectivity index (χ2v) is 3.75. The maximum absolute atomic E-state index is 10.2. The standard InChI is InChI=1S/C11H22O3/c1-3-4-5-6-7-8-9-10(2)14-11(12)13/h10H,3-9H2,1-2H3,(H,12,13). The van der Waals surface area contributed by atoms with Gasteiger partial charge in [0, 0.05) is 0 Å². The molecule has 3 heteroatoms. The van der Waals surface area contributed by atoms with E-state index in [-0.39, 0.29) is 6.10 Å². The Morgan fingerprint density at radius 2 is 1.79 bits per heavy atom. The van der Waals surface area contributed by atoms with Crippen molar-refractivity contribution in [3.8, 4) is 0 Å². The molecule has 0 aliphatic rings. The highest BCUT2D eigenvalue weighted by molar-refractivity contribution is 5.56. The van der Waals surface area contributed by atoms with E-state index >= 15 is 0 Å². The van der Waals surface area contributed by atoms with Crippen LogP contribution < -0.4 is 0 Å². The smallest absolute Gasteiger partial charge is 0.450 e. The number of rotatable bonds is 8. The van der Waals surface area contributed by atoms with Crippen LogP contribution in [0.5, 0.6) is 0 Å². The molecule has 3 nitrogen and oxygen atoms in total. The molecule has 0 aliphatic heterocycles. The fourth-order valence-corrected chi connectivity index (χ4v) is 1.44. The van der Waals surface area contributed by atoms with Gasteiger partial charge in [0.2, 0.25) is 0 Å². The van der Waals surface area contributed by atoms with Crippen LogP contribution in [-0.4, -0.2) is 17.4 Å². The van der Waals surface area contributed by atoms with Crippen molar-refractivity contribution in [2.45, 2.75) is 64.9 Å². The molecule has 0 radical (unpaired) electrons. The zero-order valence-electron chi connectivity index (χ0n) is 9.29. The van der Waals surface area contributed by atoms with Crippen LogP contribution in [0.2, 0.25) is 0 Å². The lowest BCUT2D eigenvalue weighted by atomic mass is 10.1. The Morgan fingerprint density at radius 1 is 1.21 bits per heavy atom. The molecule has 0 fully saturated rings. The maximum Gasteiger partial charge on any atom is 0.506 e. The Balaban J connectivity index is 3.14. The zero-order valence-corrected chi connectivity index (χ0v) is 9.29. The second kappa shape index (κ2) is 8.85. The van der Waals surface area contributed by atoms with Gasteiger partial charge in [0.1, 0.15) is 6.10 Å². The van der Waals surface area contributed by atoms with Gasteiger partial charge in [-0.05, 0) is 19.8 Å². The molecule has 0 saturated carbocycles. The maximum atomic E-state index is 10.2. The Morgan fingerprint density at radius 3 is 2.36 bits per heavy atom. The van der Waals surface area contributed by atoms with Crippen LogP contribution >= 0.6 is 0 Å². The molecule has 0 saturated heterocycles. The molecule has 0 aromatic rings. The fourth-order valence-electron chi connectivity index (χ4n) is 1.44. The minimum Gasteiger partial charge on any atom is -0.450 e. The van der Waals surface area contributed by atoms with Crippen molar-refractivity contribution < 1.29 is 14.6 Å². The zero-order chi connectivity index (χ0) is 10.8. The number of carboxylic acid groups (broad SMARTS) is 1. The first-order valence-corrected chi connectivity index (χ1v) is 5.56. The lowest BCUT2D eigenvalue weighted by molar-refractivity contribution is 0.0548. The van der Waals surface area contributed by atoms with Gasteiger partial charge >= 0.3 is 6.16 Å². The molecule has 0 spiro atoms. The highest BCUT2D eigenvalue weighted by atomic mass is 16.7. The van der Waals surface area contributed by atoms with Crippen LogP contribution in [0.25, 0.3) is 0 Å². The summed E-state index contributed by atoms with van der Waals surface area (Å²) in [4.78, 5) is 10.2. The fraction of sp³-hybridized carbons (Fsp3) is 0.909. The summed E-state index contributed by atoms with van der Waals surface area (Å²) in [5.74, 6) is 0. The van der Waals surface area contributed by atoms with E-state index in [2.05, 4.69) is 11.7 Å². The molecule has 1 N–H and O–H groups in total. The molecule has 0 aromatic carbocycles. The minimum absolute atomic E-state index is 0.154. The van der Waals surface area contributed by atoms with Gasteiger partial charge in [-0.1, -0.05) is 39.0 Å². The summed E-state index contributed by atoms with van der Waals surface area (Å²) in [5.41, 5.74) is 0. The molecule has 0 heterocycles. The van der Waals surface area contributed by atoms with Gasteiger partial charge in [-0.2, -0.15) is 0 Å². The average molecular weight is 202 g/mol. The van der Waals surface area contributed by atoms with Gasteiger partial charge in [-0.25, -0.2) is 4.79 Å². The molecule has 84 valence electrons. The predicted molar refractivity (Wildman–Crippen MR) is 56.6 cm³/mol.